The van der Waals surface area contributed by atoms with E-state index in [9.17, 15) is 0 Å². The van der Waals surface area contributed by atoms with Crippen LogP contribution in [-0.4, -0.2) is 6.54 Å². The van der Waals surface area contributed by atoms with Crippen LogP contribution in [0.3, 0.4) is 0 Å². The smallest absolute Gasteiger partial charge is 0.00541 e. The van der Waals surface area contributed by atoms with E-state index in [0.717, 1.165) is 18.9 Å². The molecule has 0 unspecified atom stereocenters. The molecule has 102 valence electrons. The maximum atomic E-state index is 6.12. The fourth-order valence-electron chi connectivity index (χ4n) is 3.23. The van der Waals surface area contributed by atoms with E-state index in [1.54, 1.807) is 4.88 Å². The number of aryl methyl sites for hydroxylation is 1. The van der Waals surface area contributed by atoms with Crippen molar-refractivity contribution in [3.8, 4) is 0 Å². The number of rotatable bonds is 5. The monoisotopic (exact) mass is 265 g/mol. The normalized spacial score (nSPS) is 28.5. The number of hydrogen-bond acceptors (Lipinski definition) is 2. The van der Waals surface area contributed by atoms with Gasteiger partial charge in [0.05, 0.1) is 0 Å². The lowest BCUT2D eigenvalue weighted by Gasteiger charge is -2.39. The second-order valence-electron chi connectivity index (χ2n) is 5.95. The molecule has 18 heavy (non-hydrogen) atoms. The van der Waals surface area contributed by atoms with Gasteiger partial charge in [-0.1, -0.05) is 20.3 Å². The molecule has 0 saturated heterocycles. The summed E-state index contributed by atoms with van der Waals surface area (Å²) >= 11 is 1.99. The SMILES string of the molecule is CCc1ccc(CC2(CN)CCC(CC)CC2)s1. The third kappa shape index (κ3) is 3.16. The van der Waals surface area contributed by atoms with E-state index in [4.69, 9.17) is 5.73 Å². The molecule has 1 aromatic rings. The van der Waals surface area contributed by atoms with Gasteiger partial charge < -0.3 is 5.73 Å². The molecule has 1 heterocycles. The Morgan fingerprint density at radius 3 is 2.39 bits per heavy atom. The molecule has 1 nitrogen and oxygen atoms in total. The Bertz CT molecular complexity index is 361. The Morgan fingerprint density at radius 1 is 1.22 bits per heavy atom. The summed E-state index contributed by atoms with van der Waals surface area (Å²) in [5.41, 5.74) is 6.52. The van der Waals surface area contributed by atoms with E-state index in [1.807, 2.05) is 11.3 Å². The highest BCUT2D eigenvalue weighted by molar-refractivity contribution is 7.11. The van der Waals surface area contributed by atoms with E-state index in [-0.39, 0.29) is 0 Å². The van der Waals surface area contributed by atoms with Crippen LogP contribution in [0.5, 0.6) is 0 Å². The van der Waals surface area contributed by atoms with Gasteiger partial charge in [0.15, 0.2) is 0 Å². The molecule has 0 aliphatic heterocycles. The lowest BCUT2D eigenvalue weighted by molar-refractivity contribution is 0.154. The van der Waals surface area contributed by atoms with Gasteiger partial charge in [-0.15, -0.1) is 11.3 Å². The van der Waals surface area contributed by atoms with Crippen molar-refractivity contribution >= 4 is 11.3 Å². The second kappa shape index (κ2) is 6.21. The molecule has 2 heteroatoms. The minimum absolute atomic E-state index is 0.404. The fraction of sp³-hybridized carbons (Fsp3) is 0.750. The highest BCUT2D eigenvalue weighted by Gasteiger charge is 2.34. The van der Waals surface area contributed by atoms with Crippen molar-refractivity contribution in [3.63, 3.8) is 0 Å². The minimum Gasteiger partial charge on any atom is -0.330 e. The van der Waals surface area contributed by atoms with Gasteiger partial charge in [-0.25, -0.2) is 0 Å². The molecule has 0 atom stereocenters. The van der Waals surface area contributed by atoms with Crippen LogP contribution in [0.2, 0.25) is 0 Å². The first-order valence-electron chi connectivity index (χ1n) is 7.49. The average Bonchev–Trinajstić information content (AvgIpc) is 2.87. The third-order valence-electron chi connectivity index (χ3n) is 4.79. The van der Waals surface area contributed by atoms with E-state index < -0.39 is 0 Å². The molecule has 0 aromatic carbocycles. The topological polar surface area (TPSA) is 26.0 Å². The zero-order chi connectivity index (χ0) is 13.0. The first kappa shape index (κ1) is 14.1. The van der Waals surface area contributed by atoms with Crippen molar-refractivity contribution in [2.24, 2.45) is 17.1 Å². The van der Waals surface area contributed by atoms with Gasteiger partial charge in [0.1, 0.15) is 0 Å². The zero-order valence-corrected chi connectivity index (χ0v) is 12.7. The Labute approximate surface area is 116 Å². The lowest BCUT2D eigenvalue weighted by Crippen LogP contribution is -2.36. The Kier molecular flexibility index (Phi) is 4.85. The molecule has 0 radical (unpaired) electrons. The quantitative estimate of drug-likeness (QED) is 0.839. The highest BCUT2D eigenvalue weighted by Crippen LogP contribution is 2.42. The standard InChI is InChI=1S/C16H27NS/c1-3-13-7-9-16(12-17,10-8-13)11-15-6-5-14(4-2)18-15/h5-6,13H,3-4,7-12,17H2,1-2H3. The largest absolute Gasteiger partial charge is 0.330 e. The van der Waals surface area contributed by atoms with Crippen LogP contribution in [-0.2, 0) is 12.8 Å². The molecule has 1 fully saturated rings. The predicted molar refractivity (Wildman–Crippen MR) is 81.1 cm³/mol. The zero-order valence-electron chi connectivity index (χ0n) is 11.9. The summed E-state index contributed by atoms with van der Waals surface area (Å²) < 4.78 is 0. The Hall–Kier alpha value is -0.340. The van der Waals surface area contributed by atoms with Crippen molar-refractivity contribution < 1.29 is 0 Å². The molecule has 0 bridgehead atoms. The number of nitrogens with two attached hydrogens (primary N) is 1. The van der Waals surface area contributed by atoms with Crippen molar-refractivity contribution in [2.45, 2.75) is 58.8 Å². The van der Waals surface area contributed by atoms with Gasteiger partial charge >= 0.3 is 0 Å². The van der Waals surface area contributed by atoms with Crippen LogP contribution >= 0.6 is 11.3 Å². The molecule has 2 rings (SSSR count). The molecule has 1 saturated carbocycles. The van der Waals surface area contributed by atoms with Gasteiger partial charge in [-0.2, -0.15) is 0 Å². The maximum Gasteiger partial charge on any atom is 0.00541 e. The van der Waals surface area contributed by atoms with Crippen LogP contribution in [0.25, 0.3) is 0 Å². The van der Waals surface area contributed by atoms with Gasteiger partial charge in [-0.05, 0) is 68.5 Å². The Morgan fingerprint density at radius 2 is 1.89 bits per heavy atom. The number of thiophene rings is 1. The Balaban J connectivity index is 2.00. The number of hydrogen-bond donors (Lipinski definition) is 1. The van der Waals surface area contributed by atoms with Crippen molar-refractivity contribution in [1.82, 2.24) is 0 Å². The summed E-state index contributed by atoms with van der Waals surface area (Å²) in [4.78, 5) is 3.06. The van der Waals surface area contributed by atoms with Gasteiger partial charge in [0, 0.05) is 9.75 Å². The first-order valence-corrected chi connectivity index (χ1v) is 8.30. The van der Waals surface area contributed by atoms with Crippen LogP contribution in [0.1, 0.15) is 55.7 Å². The summed E-state index contributed by atoms with van der Waals surface area (Å²) in [5.74, 6) is 0.958. The van der Waals surface area contributed by atoms with Crippen LogP contribution < -0.4 is 5.73 Å². The van der Waals surface area contributed by atoms with Crippen LogP contribution in [0.4, 0.5) is 0 Å². The van der Waals surface area contributed by atoms with E-state index in [1.165, 1.54) is 43.4 Å². The molecule has 1 aromatic heterocycles. The van der Waals surface area contributed by atoms with Gasteiger partial charge in [-0.3, -0.25) is 0 Å². The molecule has 0 spiro atoms. The van der Waals surface area contributed by atoms with Crippen molar-refractivity contribution in [3.05, 3.63) is 21.9 Å². The predicted octanol–water partition coefficient (Wildman–Crippen LogP) is 4.40. The van der Waals surface area contributed by atoms with Crippen LogP contribution in [0.15, 0.2) is 12.1 Å². The van der Waals surface area contributed by atoms with Crippen molar-refractivity contribution in [2.75, 3.05) is 6.54 Å². The molecule has 2 N–H and O–H groups in total. The summed E-state index contributed by atoms with van der Waals surface area (Å²) in [6, 6.07) is 4.62. The fourth-order valence-corrected chi connectivity index (χ4v) is 4.36. The van der Waals surface area contributed by atoms with Gasteiger partial charge in [0.25, 0.3) is 0 Å². The molecular weight excluding hydrogens is 238 g/mol. The first-order chi connectivity index (χ1) is 8.71. The summed E-state index contributed by atoms with van der Waals surface area (Å²) in [7, 11) is 0. The lowest BCUT2D eigenvalue weighted by atomic mass is 9.68. The molecule has 1 aliphatic rings. The van der Waals surface area contributed by atoms with E-state index in [0.29, 0.717) is 5.41 Å². The molecule has 1 aliphatic carbocycles. The summed E-state index contributed by atoms with van der Waals surface area (Å²) in [6.07, 6.45) is 9.17. The van der Waals surface area contributed by atoms with Crippen molar-refractivity contribution in [1.29, 1.82) is 0 Å². The maximum absolute atomic E-state index is 6.12. The summed E-state index contributed by atoms with van der Waals surface area (Å²) in [6.45, 7) is 5.43. The third-order valence-corrected chi connectivity index (χ3v) is 6.02. The second-order valence-corrected chi connectivity index (χ2v) is 7.21. The van der Waals surface area contributed by atoms with Gasteiger partial charge in [0.2, 0.25) is 0 Å². The van der Waals surface area contributed by atoms with E-state index >= 15 is 0 Å². The summed E-state index contributed by atoms with van der Waals surface area (Å²) in [5, 5.41) is 0. The van der Waals surface area contributed by atoms with E-state index in [2.05, 4.69) is 26.0 Å². The average molecular weight is 265 g/mol. The minimum atomic E-state index is 0.404. The molecular formula is C16H27NS. The molecule has 0 amide bonds. The van der Waals surface area contributed by atoms with Crippen LogP contribution in [0, 0.1) is 11.3 Å². The highest BCUT2D eigenvalue weighted by atomic mass is 32.1.